The van der Waals surface area contributed by atoms with Gasteiger partial charge in [-0.25, -0.2) is 4.79 Å². The molecule has 0 spiro atoms. The molecule has 5 nitrogen and oxygen atoms in total. The van der Waals surface area contributed by atoms with Gasteiger partial charge in [-0.05, 0) is 29.8 Å². The summed E-state index contributed by atoms with van der Waals surface area (Å²) in [4.78, 5) is 13.9. The highest BCUT2D eigenvalue weighted by Crippen LogP contribution is 2.20. The van der Waals surface area contributed by atoms with Crippen LogP contribution in [0.5, 0.6) is 0 Å². The number of ether oxygens (including phenoxy) is 1. The first-order chi connectivity index (χ1) is 7.61. The van der Waals surface area contributed by atoms with E-state index in [4.69, 9.17) is 4.74 Å². The molecule has 0 N–H and O–H groups in total. The van der Waals surface area contributed by atoms with Crippen molar-refractivity contribution in [3.05, 3.63) is 15.9 Å². The highest BCUT2D eigenvalue weighted by atomic mass is 79.9. The highest BCUT2D eigenvalue weighted by Gasteiger charge is 2.22. The number of morpholine rings is 1. The number of halogens is 1. The second-order valence-electron chi connectivity index (χ2n) is 3.78. The van der Waals surface area contributed by atoms with Gasteiger partial charge >= 0.3 is 6.03 Å². The van der Waals surface area contributed by atoms with Crippen LogP contribution in [0.1, 0.15) is 11.4 Å². The second-order valence-corrected chi connectivity index (χ2v) is 4.57. The third kappa shape index (κ3) is 1.99. The Balaban J connectivity index is 2.22. The summed E-state index contributed by atoms with van der Waals surface area (Å²) < 4.78 is 7.56. The van der Waals surface area contributed by atoms with Gasteiger partial charge < -0.3 is 9.64 Å². The lowest BCUT2D eigenvalue weighted by Crippen LogP contribution is -2.43. The lowest BCUT2D eigenvalue weighted by molar-refractivity contribution is 0.0527. The molecule has 88 valence electrons. The van der Waals surface area contributed by atoms with Crippen LogP contribution in [0.25, 0.3) is 0 Å². The zero-order valence-corrected chi connectivity index (χ0v) is 11.0. The Morgan fingerprint density at radius 1 is 1.38 bits per heavy atom. The SMILES string of the molecule is Cc1nn(C(=O)N2CCOCC2)c(C)c1Br. The van der Waals surface area contributed by atoms with E-state index in [0.717, 1.165) is 15.9 Å². The topological polar surface area (TPSA) is 47.4 Å². The Morgan fingerprint density at radius 2 is 2.00 bits per heavy atom. The summed E-state index contributed by atoms with van der Waals surface area (Å²) in [6, 6.07) is -0.0744. The molecule has 0 unspecified atom stereocenters. The standard InChI is InChI=1S/C10H14BrN3O2/c1-7-9(11)8(2)14(12-7)10(15)13-3-5-16-6-4-13/h3-6H2,1-2H3. The molecule has 1 aliphatic heterocycles. The minimum absolute atomic E-state index is 0.0744. The Morgan fingerprint density at radius 3 is 2.50 bits per heavy atom. The molecule has 0 aromatic carbocycles. The number of carbonyl (C=O) groups excluding carboxylic acids is 1. The number of nitrogens with zero attached hydrogens (tertiary/aromatic N) is 3. The number of aromatic nitrogens is 2. The van der Waals surface area contributed by atoms with Crippen molar-refractivity contribution in [3.8, 4) is 0 Å². The predicted molar refractivity (Wildman–Crippen MR) is 62.6 cm³/mol. The van der Waals surface area contributed by atoms with Crippen LogP contribution < -0.4 is 0 Å². The first-order valence-corrected chi connectivity index (χ1v) is 5.99. The zero-order valence-electron chi connectivity index (χ0n) is 9.36. The minimum atomic E-state index is -0.0744. The lowest BCUT2D eigenvalue weighted by atomic mass is 10.4. The molecule has 1 aromatic heterocycles. The number of rotatable bonds is 0. The van der Waals surface area contributed by atoms with E-state index >= 15 is 0 Å². The fourth-order valence-electron chi connectivity index (χ4n) is 1.70. The monoisotopic (exact) mass is 287 g/mol. The molecule has 0 atom stereocenters. The van der Waals surface area contributed by atoms with E-state index in [2.05, 4.69) is 21.0 Å². The van der Waals surface area contributed by atoms with E-state index in [9.17, 15) is 4.79 Å². The molecule has 0 saturated carbocycles. The van der Waals surface area contributed by atoms with Gasteiger partial charge in [0.1, 0.15) is 0 Å². The van der Waals surface area contributed by atoms with Gasteiger partial charge in [-0.1, -0.05) is 0 Å². The van der Waals surface area contributed by atoms with Crippen molar-refractivity contribution in [3.63, 3.8) is 0 Å². The van der Waals surface area contributed by atoms with E-state index in [1.54, 1.807) is 4.90 Å². The van der Waals surface area contributed by atoms with E-state index < -0.39 is 0 Å². The normalized spacial score (nSPS) is 16.6. The Labute approximate surface area is 102 Å². The molecule has 1 aliphatic rings. The highest BCUT2D eigenvalue weighted by molar-refractivity contribution is 9.10. The van der Waals surface area contributed by atoms with Gasteiger partial charge in [-0.3, -0.25) is 0 Å². The van der Waals surface area contributed by atoms with Gasteiger partial charge in [-0.2, -0.15) is 9.78 Å². The predicted octanol–water partition coefficient (Wildman–Crippen LogP) is 1.56. The van der Waals surface area contributed by atoms with Crippen molar-refractivity contribution in [2.24, 2.45) is 0 Å². The van der Waals surface area contributed by atoms with Crippen LogP contribution in [-0.2, 0) is 4.74 Å². The van der Waals surface area contributed by atoms with E-state index in [1.807, 2.05) is 13.8 Å². The maximum absolute atomic E-state index is 12.1. The largest absolute Gasteiger partial charge is 0.378 e. The van der Waals surface area contributed by atoms with Gasteiger partial charge in [-0.15, -0.1) is 0 Å². The van der Waals surface area contributed by atoms with Crippen molar-refractivity contribution in [2.75, 3.05) is 26.3 Å². The molecule has 16 heavy (non-hydrogen) atoms. The summed E-state index contributed by atoms with van der Waals surface area (Å²) in [7, 11) is 0. The molecule has 1 saturated heterocycles. The number of aryl methyl sites for hydroxylation is 1. The van der Waals surface area contributed by atoms with Crippen molar-refractivity contribution >= 4 is 22.0 Å². The van der Waals surface area contributed by atoms with Crippen molar-refractivity contribution in [2.45, 2.75) is 13.8 Å². The first-order valence-electron chi connectivity index (χ1n) is 5.20. The van der Waals surface area contributed by atoms with E-state index in [0.29, 0.717) is 26.3 Å². The second kappa shape index (κ2) is 4.55. The summed E-state index contributed by atoms with van der Waals surface area (Å²) in [6.07, 6.45) is 0. The van der Waals surface area contributed by atoms with Gasteiger partial charge in [0, 0.05) is 13.1 Å². The number of amides is 1. The summed E-state index contributed by atoms with van der Waals surface area (Å²) >= 11 is 3.41. The third-order valence-corrected chi connectivity index (χ3v) is 3.81. The summed E-state index contributed by atoms with van der Waals surface area (Å²) in [5, 5.41) is 4.22. The van der Waals surface area contributed by atoms with E-state index in [-0.39, 0.29) is 6.03 Å². The van der Waals surface area contributed by atoms with Gasteiger partial charge in [0.25, 0.3) is 0 Å². The lowest BCUT2D eigenvalue weighted by Gasteiger charge is -2.26. The number of hydrogen-bond acceptors (Lipinski definition) is 3. The van der Waals surface area contributed by atoms with Crippen molar-refractivity contribution in [1.82, 2.24) is 14.7 Å². The number of hydrogen-bond donors (Lipinski definition) is 0. The maximum atomic E-state index is 12.1. The van der Waals surface area contributed by atoms with Crippen LogP contribution >= 0.6 is 15.9 Å². The molecule has 1 amide bonds. The Kier molecular flexibility index (Phi) is 3.30. The van der Waals surface area contributed by atoms with Crippen molar-refractivity contribution in [1.29, 1.82) is 0 Å². The quantitative estimate of drug-likeness (QED) is 0.728. The summed E-state index contributed by atoms with van der Waals surface area (Å²) in [5.74, 6) is 0. The number of carbonyl (C=O) groups is 1. The smallest absolute Gasteiger partial charge is 0.345 e. The van der Waals surface area contributed by atoms with Gasteiger partial charge in [0.15, 0.2) is 0 Å². The van der Waals surface area contributed by atoms with Crippen LogP contribution in [0.15, 0.2) is 4.47 Å². The Bertz CT molecular complexity index is 410. The fourth-order valence-corrected chi connectivity index (χ4v) is 1.95. The van der Waals surface area contributed by atoms with Crippen LogP contribution in [0.4, 0.5) is 4.79 Å². The third-order valence-electron chi connectivity index (χ3n) is 2.67. The van der Waals surface area contributed by atoms with Crippen LogP contribution in [0.3, 0.4) is 0 Å². The van der Waals surface area contributed by atoms with Gasteiger partial charge in [0.05, 0.1) is 29.1 Å². The molecule has 2 rings (SSSR count). The molecule has 0 radical (unpaired) electrons. The Hall–Kier alpha value is -0.880. The molecule has 6 heteroatoms. The molecule has 1 fully saturated rings. The molecule has 1 aromatic rings. The van der Waals surface area contributed by atoms with Crippen LogP contribution in [0.2, 0.25) is 0 Å². The molecule has 0 aliphatic carbocycles. The average Bonchev–Trinajstić information content (AvgIpc) is 2.57. The minimum Gasteiger partial charge on any atom is -0.378 e. The summed E-state index contributed by atoms with van der Waals surface area (Å²) in [5.41, 5.74) is 1.67. The zero-order chi connectivity index (χ0) is 11.7. The molecular weight excluding hydrogens is 274 g/mol. The molecule has 2 heterocycles. The average molecular weight is 288 g/mol. The van der Waals surface area contributed by atoms with Crippen LogP contribution in [-0.4, -0.2) is 47.0 Å². The maximum Gasteiger partial charge on any atom is 0.345 e. The van der Waals surface area contributed by atoms with Gasteiger partial charge in [0.2, 0.25) is 0 Å². The summed E-state index contributed by atoms with van der Waals surface area (Å²) in [6.45, 7) is 6.23. The fraction of sp³-hybridized carbons (Fsp3) is 0.600. The van der Waals surface area contributed by atoms with E-state index in [1.165, 1.54) is 4.68 Å². The van der Waals surface area contributed by atoms with Crippen LogP contribution in [0, 0.1) is 13.8 Å². The molecule has 0 bridgehead atoms. The molecular formula is C10H14BrN3O2. The van der Waals surface area contributed by atoms with Crippen molar-refractivity contribution < 1.29 is 9.53 Å². The first kappa shape index (κ1) is 11.6.